The van der Waals surface area contributed by atoms with Crippen molar-refractivity contribution in [2.24, 2.45) is 5.92 Å². The van der Waals surface area contributed by atoms with Crippen LogP contribution in [0, 0.1) is 5.92 Å². The van der Waals surface area contributed by atoms with E-state index in [9.17, 15) is 15.0 Å². The molecule has 1 aliphatic rings. The van der Waals surface area contributed by atoms with Crippen LogP contribution in [0.15, 0.2) is 35.2 Å². The van der Waals surface area contributed by atoms with E-state index in [1.807, 2.05) is 30.3 Å². The van der Waals surface area contributed by atoms with Gasteiger partial charge in [-0.1, -0.05) is 36.9 Å². The van der Waals surface area contributed by atoms with Gasteiger partial charge in [-0.15, -0.1) is 0 Å². The summed E-state index contributed by atoms with van der Waals surface area (Å²) in [7, 11) is 1.24. The number of methoxy groups -OCH3 is 1. The summed E-state index contributed by atoms with van der Waals surface area (Å²) in [4.78, 5) is 12.5. The Bertz CT molecular complexity index is 452. The largest absolute Gasteiger partial charge is 0.467 e. The lowest BCUT2D eigenvalue weighted by molar-refractivity contribution is -0.194. The van der Waals surface area contributed by atoms with Crippen LogP contribution < -0.4 is 0 Å². The predicted molar refractivity (Wildman–Crippen MR) is 74.2 cm³/mol. The fraction of sp³-hybridized carbons (Fsp3) is 0.500. The number of esters is 1. The number of hydrogen-bond acceptors (Lipinski definition) is 6. The molecule has 1 fully saturated rings. The van der Waals surface area contributed by atoms with Gasteiger partial charge in [0.1, 0.15) is 5.44 Å². The van der Waals surface area contributed by atoms with E-state index in [0.717, 1.165) is 4.90 Å². The first-order valence-electron chi connectivity index (χ1n) is 6.35. The minimum absolute atomic E-state index is 0.478. The predicted octanol–water partition coefficient (Wildman–Crippen LogP) is 1.03. The number of ether oxygens (including phenoxy) is 2. The van der Waals surface area contributed by atoms with Crippen LogP contribution in [0.5, 0.6) is 0 Å². The Labute approximate surface area is 121 Å². The molecular weight excluding hydrogens is 280 g/mol. The highest BCUT2D eigenvalue weighted by atomic mass is 32.2. The molecule has 6 heteroatoms. The molecule has 0 radical (unpaired) electrons. The molecule has 0 amide bonds. The van der Waals surface area contributed by atoms with Crippen LogP contribution in [0.3, 0.4) is 0 Å². The Morgan fingerprint density at radius 3 is 2.50 bits per heavy atom. The second kappa shape index (κ2) is 6.58. The Kier molecular flexibility index (Phi) is 5.04. The zero-order chi connectivity index (χ0) is 14.7. The second-order valence-electron chi connectivity index (χ2n) is 4.72. The van der Waals surface area contributed by atoms with Gasteiger partial charge in [0.05, 0.1) is 19.3 Å². The van der Waals surface area contributed by atoms with Crippen LogP contribution in [-0.2, 0) is 14.3 Å². The van der Waals surface area contributed by atoms with E-state index in [1.165, 1.54) is 18.9 Å². The van der Waals surface area contributed by atoms with E-state index in [-0.39, 0.29) is 0 Å². The van der Waals surface area contributed by atoms with E-state index < -0.39 is 35.6 Å². The zero-order valence-corrected chi connectivity index (χ0v) is 12.1. The van der Waals surface area contributed by atoms with Crippen LogP contribution in [0.25, 0.3) is 0 Å². The van der Waals surface area contributed by atoms with Crippen LogP contribution in [0.2, 0.25) is 0 Å². The molecule has 0 aromatic heterocycles. The van der Waals surface area contributed by atoms with Crippen molar-refractivity contribution in [3.8, 4) is 0 Å². The summed E-state index contributed by atoms with van der Waals surface area (Å²) >= 11 is 1.32. The summed E-state index contributed by atoms with van der Waals surface area (Å²) in [6.07, 6.45) is -3.01. The van der Waals surface area contributed by atoms with Gasteiger partial charge in [-0.2, -0.15) is 0 Å². The van der Waals surface area contributed by atoms with Crippen molar-refractivity contribution in [1.82, 2.24) is 0 Å². The summed E-state index contributed by atoms with van der Waals surface area (Å²) in [5, 5.41) is 20.2. The van der Waals surface area contributed by atoms with Crippen molar-refractivity contribution < 1.29 is 24.5 Å². The van der Waals surface area contributed by atoms with Gasteiger partial charge in [0, 0.05) is 10.8 Å². The molecule has 5 atom stereocenters. The molecule has 5 nitrogen and oxygen atoms in total. The molecule has 0 saturated carbocycles. The van der Waals surface area contributed by atoms with Crippen molar-refractivity contribution in [2.45, 2.75) is 35.6 Å². The third-order valence-corrected chi connectivity index (χ3v) is 4.54. The molecule has 20 heavy (non-hydrogen) atoms. The van der Waals surface area contributed by atoms with Gasteiger partial charge < -0.3 is 19.7 Å². The van der Waals surface area contributed by atoms with Gasteiger partial charge in [0.2, 0.25) is 0 Å². The number of rotatable bonds is 3. The van der Waals surface area contributed by atoms with Crippen molar-refractivity contribution in [1.29, 1.82) is 0 Å². The lowest BCUT2D eigenvalue weighted by atomic mass is 9.91. The normalized spacial score (nSPS) is 33.7. The molecular formula is C14H18O5S. The molecule has 0 bridgehead atoms. The number of hydrogen-bond donors (Lipinski definition) is 2. The SMILES string of the molecule is COC(=O)C1OC(Sc2ccccc2)C(O)[C@@H](C)[C@@H]1O. The molecule has 0 aliphatic carbocycles. The second-order valence-corrected chi connectivity index (χ2v) is 5.89. The smallest absolute Gasteiger partial charge is 0.337 e. The van der Waals surface area contributed by atoms with Gasteiger partial charge in [-0.25, -0.2) is 4.79 Å². The van der Waals surface area contributed by atoms with Gasteiger partial charge >= 0.3 is 5.97 Å². The van der Waals surface area contributed by atoms with E-state index in [4.69, 9.17) is 4.74 Å². The maximum absolute atomic E-state index is 11.6. The molecule has 2 rings (SSSR count). The first-order chi connectivity index (χ1) is 9.54. The molecule has 1 aromatic rings. The average molecular weight is 298 g/mol. The highest BCUT2D eigenvalue weighted by molar-refractivity contribution is 7.99. The zero-order valence-electron chi connectivity index (χ0n) is 11.3. The van der Waals surface area contributed by atoms with Gasteiger partial charge in [-0.3, -0.25) is 0 Å². The topological polar surface area (TPSA) is 76.0 Å². The van der Waals surface area contributed by atoms with E-state index in [2.05, 4.69) is 4.74 Å². The summed E-state index contributed by atoms with van der Waals surface area (Å²) < 4.78 is 10.2. The Morgan fingerprint density at radius 2 is 1.90 bits per heavy atom. The molecule has 0 spiro atoms. The summed E-state index contributed by atoms with van der Waals surface area (Å²) in [6.45, 7) is 1.69. The summed E-state index contributed by atoms with van der Waals surface area (Å²) in [5.41, 5.74) is -0.625. The van der Waals surface area contributed by atoms with Crippen LogP contribution >= 0.6 is 11.8 Å². The van der Waals surface area contributed by atoms with Crippen molar-refractivity contribution >= 4 is 17.7 Å². The van der Waals surface area contributed by atoms with E-state index >= 15 is 0 Å². The first kappa shape index (κ1) is 15.3. The van der Waals surface area contributed by atoms with Crippen molar-refractivity contribution in [2.75, 3.05) is 7.11 Å². The molecule has 1 saturated heterocycles. The third kappa shape index (κ3) is 3.15. The minimum Gasteiger partial charge on any atom is -0.467 e. The number of benzene rings is 1. The number of carbonyl (C=O) groups is 1. The van der Waals surface area contributed by atoms with E-state index in [0.29, 0.717) is 0 Å². The Balaban J connectivity index is 2.13. The number of thioether (sulfide) groups is 1. The average Bonchev–Trinajstić information content (AvgIpc) is 2.48. The summed E-state index contributed by atoms with van der Waals surface area (Å²) in [5.74, 6) is -1.11. The summed E-state index contributed by atoms with van der Waals surface area (Å²) in [6, 6.07) is 9.44. The fourth-order valence-corrected chi connectivity index (χ4v) is 3.22. The lowest BCUT2D eigenvalue weighted by Gasteiger charge is -2.39. The molecule has 110 valence electrons. The maximum atomic E-state index is 11.6. The highest BCUT2D eigenvalue weighted by Gasteiger charge is 2.46. The first-order valence-corrected chi connectivity index (χ1v) is 7.23. The van der Waals surface area contributed by atoms with Crippen molar-refractivity contribution in [3.63, 3.8) is 0 Å². The van der Waals surface area contributed by atoms with Crippen LogP contribution in [0.1, 0.15) is 6.92 Å². The van der Waals surface area contributed by atoms with E-state index in [1.54, 1.807) is 6.92 Å². The molecule has 1 aliphatic heterocycles. The van der Waals surface area contributed by atoms with Crippen LogP contribution in [0.4, 0.5) is 0 Å². The Morgan fingerprint density at radius 1 is 1.25 bits per heavy atom. The molecule has 3 unspecified atom stereocenters. The number of aliphatic hydroxyl groups excluding tert-OH is 2. The monoisotopic (exact) mass is 298 g/mol. The molecule has 2 N–H and O–H groups in total. The highest BCUT2D eigenvalue weighted by Crippen LogP contribution is 2.35. The van der Waals surface area contributed by atoms with Gasteiger partial charge in [0.25, 0.3) is 0 Å². The standard InChI is InChI=1S/C14H18O5S/c1-8-10(15)12(13(17)18-2)19-14(11(8)16)20-9-6-4-3-5-7-9/h3-8,10-12,14-16H,1-2H3/t8-,10-,11?,12?,14?/m0/s1. The Hall–Kier alpha value is -1.08. The van der Waals surface area contributed by atoms with Gasteiger partial charge in [0.15, 0.2) is 6.10 Å². The lowest BCUT2D eigenvalue weighted by Crippen LogP contribution is -2.55. The fourth-order valence-electron chi connectivity index (χ4n) is 2.07. The minimum atomic E-state index is -1.08. The van der Waals surface area contributed by atoms with Crippen LogP contribution in [-0.4, -0.2) is 47.0 Å². The molecule has 1 heterocycles. The van der Waals surface area contributed by atoms with Crippen molar-refractivity contribution in [3.05, 3.63) is 30.3 Å². The molecule has 1 aromatic carbocycles. The van der Waals surface area contributed by atoms with Gasteiger partial charge in [-0.05, 0) is 12.1 Å². The third-order valence-electron chi connectivity index (χ3n) is 3.38. The maximum Gasteiger partial charge on any atom is 0.337 e. The quantitative estimate of drug-likeness (QED) is 0.812. The number of aliphatic hydroxyl groups is 2. The number of carbonyl (C=O) groups excluding carboxylic acids is 1.